The predicted molar refractivity (Wildman–Crippen MR) is 95.3 cm³/mol. The molecule has 2 aromatic rings. The Labute approximate surface area is 146 Å². The van der Waals surface area contributed by atoms with Gasteiger partial charge in [0, 0.05) is 6.04 Å². The lowest BCUT2D eigenvalue weighted by molar-refractivity contribution is 0.411. The predicted octanol–water partition coefficient (Wildman–Crippen LogP) is 4.11. The number of aryl methyl sites for hydroxylation is 2. The topological polar surface area (TPSA) is 55.4 Å². The van der Waals surface area contributed by atoms with Crippen LogP contribution >= 0.6 is 15.9 Å². The lowest BCUT2D eigenvalue weighted by atomic mass is 10.0. The lowest BCUT2D eigenvalue weighted by Gasteiger charge is -2.17. The first-order chi connectivity index (χ1) is 10.7. The number of ether oxygens (including phenoxy) is 1. The van der Waals surface area contributed by atoms with Gasteiger partial charge in [0.1, 0.15) is 5.75 Å². The molecule has 0 spiro atoms. The highest BCUT2D eigenvalue weighted by Crippen LogP contribution is 2.28. The van der Waals surface area contributed by atoms with Crippen LogP contribution in [0.1, 0.15) is 29.7 Å². The summed E-state index contributed by atoms with van der Waals surface area (Å²) in [5.74, 6) is 0.589. The van der Waals surface area contributed by atoms with Gasteiger partial charge in [0.2, 0.25) is 10.0 Å². The largest absolute Gasteiger partial charge is 0.496 e. The second-order valence-electron chi connectivity index (χ2n) is 5.50. The number of rotatable bonds is 5. The maximum Gasteiger partial charge on any atom is 0.241 e. The Bertz CT molecular complexity index is 819. The third kappa shape index (κ3) is 4.13. The zero-order valence-corrected chi connectivity index (χ0v) is 16.0. The Morgan fingerprint density at radius 1 is 1.13 bits per heavy atom. The van der Waals surface area contributed by atoms with E-state index in [2.05, 4.69) is 20.7 Å². The fourth-order valence-corrected chi connectivity index (χ4v) is 4.43. The van der Waals surface area contributed by atoms with E-state index in [0.717, 1.165) is 16.7 Å². The standard InChI is InChI=1S/C17H20BrNO3S/c1-11-5-7-15(12(2)9-11)13(3)19-23(20,21)14-6-8-17(22-4)16(18)10-14/h5-10,13,19H,1-4H3/t13-/m1/s1. The molecule has 0 saturated carbocycles. The molecule has 6 heteroatoms. The third-order valence-corrected chi connectivity index (χ3v) is 5.82. The molecule has 1 atom stereocenters. The van der Waals surface area contributed by atoms with E-state index in [1.807, 2.05) is 39.0 Å². The van der Waals surface area contributed by atoms with Gasteiger partial charge in [-0.3, -0.25) is 0 Å². The van der Waals surface area contributed by atoms with Crippen LogP contribution in [-0.2, 0) is 10.0 Å². The summed E-state index contributed by atoms with van der Waals surface area (Å²) in [5, 5.41) is 0. The molecular weight excluding hydrogens is 378 g/mol. The number of benzene rings is 2. The molecule has 0 amide bonds. The highest BCUT2D eigenvalue weighted by molar-refractivity contribution is 9.10. The van der Waals surface area contributed by atoms with Gasteiger partial charge < -0.3 is 4.74 Å². The summed E-state index contributed by atoms with van der Waals surface area (Å²) >= 11 is 3.31. The molecule has 1 N–H and O–H groups in total. The minimum absolute atomic E-state index is 0.196. The molecule has 0 saturated heterocycles. The number of sulfonamides is 1. The van der Waals surface area contributed by atoms with Gasteiger partial charge in [0.15, 0.2) is 0 Å². The van der Waals surface area contributed by atoms with Gasteiger partial charge in [0.05, 0.1) is 16.5 Å². The summed E-state index contributed by atoms with van der Waals surface area (Å²) in [6.07, 6.45) is 0. The van der Waals surface area contributed by atoms with Crippen molar-refractivity contribution in [1.29, 1.82) is 0 Å². The zero-order valence-electron chi connectivity index (χ0n) is 13.6. The van der Waals surface area contributed by atoms with Crippen LogP contribution in [0.15, 0.2) is 45.8 Å². The first-order valence-electron chi connectivity index (χ1n) is 7.17. The zero-order chi connectivity index (χ0) is 17.2. The maximum absolute atomic E-state index is 12.6. The second-order valence-corrected chi connectivity index (χ2v) is 8.07. The van der Waals surface area contributed by atoms with Crippen LogP contribution in [0.25, 0.3) is 0 Å². The van der Waals surface area contributed by atoms with Gasteiger partial charge in [0.25, 0.3) is 0 Å². The smallest absolute Gasteiger partial charge is 0.241 e. The molecule has 2 aromatic carbocycles. The quantitative estimate of drug-likeness (QED) is 0.825. The van der Waals surface area contributed by atoms with Crippen LogP contribution in [0.5, 0.6) is 5.75 Å². The maximum atomic E-state index is 12.6. The summed E-state index contributed by atoms with van der Waals surface area (Å²) in [5.41, 5.74) is 3.18. The summed E-state index contributed by atoms with van der Waals surface area (Å²) in [4.78, 5) is 0.196. The SMILES string of the molecule is COc1ccc(S(=O)(=O)N[C@H](C)c2ccc(C)cc2C)cc1Br. The highest BCUT2D eigenvalue weighted by Gasteiger charge is 2.20. The van der Waals surface area contributed by atoms with Crippen LogP contribution in [0, 0.1) is 13.8 Å². The molecule has 0 aliphatic rings. The fraction of sp³-hybridized carbons (Fsp3) is 0.294. The van der Waals surface area contributed by atoms with Crippen molar-refractivity contribution in [3.63, 3.8) is 0 Å². The molecule has 0 heterocycles. The molecule has 4 nitrogen and oxygen atoms in total. The van der Waals surface area contributed by atoms with Crippen LogP contribution in [0.3, 0.4) is 0 Å². The van der Waals surface area contributed by atoms with E-state index in [1.165, 1.54) is 19.2 Å². The second kappa shape index (κ2) is 7.03. The molecule has 2 rings (SSSR count). The Morgan fingerprint density at radius 2 is 1.83 bits per heavy atom. The van der Waals surface area contributed by atoms with Gasteiger partial charge in [-0.15, -0.1) is 0 Å². The van der Waals surface area contributed by atoms with Crippen LogP contribution in [-0.4, -0.2) is 15.5 Å². The number of methoxy groups -OCH3 is 1. The number of halogens is 1. The molecule has 0 radical (unpaired) electrons. The Kier molecular flexibility index (Phi) is 5.49. The van der Waals surface area contributed by atoms with Crippen molar-refractivity contribution in [2.45, 2.75) is 31.7 Å². The normalized spacial score (nSPS) is 12.9. The van der Waals surface area contributed by atoms with Gasteiger partial charge in [-0.2, -0.15) is 0 Å². The van der Waals surface area contributed by atoms with E-state index in [1.54, 1.807) is 6.07 Å². The van der Waals surface area contributed by atoms with Crippen molar-refractivity contribution in [2.24, 2.45) is 0 Å². The summed E-state index contributed by atoms with van der Waals surface area (Å²) < 4.78 is 33.6. The van der Waals surface area contributed by atoms with Gasteiger partial charge in [-0.25, -0.2) is 13.1 Å². The molecule has 0 fully saturated rings. The van der Waals surface area contributed by atoms with E-state index in [0.29, 0.717) is 10.2 Å². The van der Waals surface area contributed by atoms with Crippen molar-refractivity contribution >= 4 is 26.0 Å². The van der Waals surface area contributed by atoms with Crippen molar-refractivity contribution in [3.05, 3.63) is 57.6 Å². The minimum Gasteiger partial charge on any atom is -0.496 e. The summed E-state index contributed by atoms with van der Waals surface area (Å²) in [6.45, 7) is 5.84. The van der Waals surface area contributed by atoms with Crippen LogP contribution < -0.4 is 9.46 Å². The van der Waals surface area contributed by atoms with E-state index < -0.39 is 10.0 Å². The molecule has 0 bridgehead atoms. The highest BCUT2D eigenvalue weighted by atomic mass is 79.9. The molecule has 124 valence electrons. The van der Waals surface area contributed by atoms with Gasteiger partial charge >= 0.3 is 0 Å². The average Bonchev–Trinajstić information content (AvgIpc) is 2.46. The van der Waals surface area contributed by atoms with E-state index in [4.69, 9.17) is 4.74 Å². The monoisotopic (exact) mass is 397 g/mol. The molecule has 23 heavy (non-hydrogen) atoms. The van der Waals surface area contributed by atoms with Gasteiger partial charge in [-0.1, -0.05) is 23.8 Å². The first-order valence-corrected chi connectivity index (χ1v) is 9.45. The van der Waals surface area contributed by atoms with Crippen molar-refractivity contribution < 1.29 is 13.2 Å². The third-order valence-electron chi connectivity index (χ3n) is 3.66. The minimum atomic E-state index is -3.62. The molecule has 0 aliphatic heterocycles. The molecule has 0 aromatic heterocycles. The first kappa shape index (κ1) is 18.0. The summed E-state index contributed by atoms with van der Waals surface area (Å²) in [7, 11) is -2.08. The van der Waals surface area contributed by atoms with Crippen molar-refractivity contribution in [3.8, 4) is 5.75 Å². The van der Waals surface area contributed by atoms with Crippen molar-refractivity contribution in [2.75, 3.05) is 7.11 Å². The average molecular weight is 398 g/mol. The molecular formula is C17H20BrNO3S. The van der Waals surface area contributed by atoms with E-state index in [-0.39, 0.29) is 10.9 Å². The van der Waals surface area contributed by atoms with E-state index in [9.17, 15) is 8.42 Å². The number of hydrogen-bond acceptors (Lipinski definition) is 3. The Hall–Kier alpha value is -1.37. The Morgan fingerprint density at radius 3 is 2.39 bits per heavy atom. The number of nitrogens with one attached hydrogen (secondary N) is 1. The van der Waals surface area contributed by atoms with E-state index >= 15 is 0 Å². The summed E-state index contributed by atoms with van der Waals surface area (Å²) in [6, 6.07) is 10.4. The van der Waals surface area contributed by atoms with Crippen LogP contribution in [0.2, 0.25) is 0 Å². The number of hydrogen-bond donors (Lipinski definition) is 1. The lowest BCUT2D eigenvalue weighted by Crippen LogP contribution is -2.27. The Balaban J connectivity index is 2.28. The molecule has 0 unspecified atom stereocenters. The molecule has 0 aliphatic carbocycles. The fourth-order valence-electron chi connectivity index (χ4n) is 2.49. The van der Waals surface area contributed by atoms with Crippen molar-refractivity contribution in [1.82, 2.24) is 4.72 Å². The van der Waals surface area contributed by atoms with Crippen LogP contribution in [0.4, 0.5) is 0 Å². The van der Waals surface area contributed by atoms with Gasteiger partial charge in [-0.05, 0) is 66.0 Å².